The molecular formula is C20H22ClN3O2S. The highest BCUT2D eigenvalue weighted by Crippen LogP contribution is 2.49. The Morgan fingerprint density at radius 3 is 2.89 bits per heavy atom. The second kappa shape index (κ2) is 7.60. The van der Waals surface area contributed by atoms with E-state index in [0.717, 1.165) is 23.0 Å². The molecule has 0 unspecified atom stereocenters. The molecular weight excluding hydrogens is 382 g/mol. The van der Waals surface area contributed by atoms with Gasteiger partial charge in [-0.1, -0.05) is 36.4 Å². The summed E-state index contributed by atoms with van der Waals surface area (Å²) in [7, 11) is 1.64. The number of methoxy groups -OCH3 is 1. The molecule has 1 fully saturated rings. The molecule has 2 aliphatic rings. The van der Waals surface area contributed by atoms with E-state index in [4.69, 9.17) is 26.1 Å². The Morgan fingerprint density at radius 2 is 2.19 bits per heavy atom. The van der Waals surface area contributed by atoms with Crippen molar-refractivity contribution in [3.05, 3.63) is 52.8 Å². The lowest BCUT2D eigenvalue weighted by Gasteiger charge is -2.28. The predicted octanol–water partition coefficient (Wildman–Crippen LogP) is 4.73. The minimum atomic E-state index is -0.0695. The average Bonchev–Trinajstić information content (AvgIpc) is 3.20. The summed E-state index contributed by atoms with van der Waals surface area (Å²) in [6.07, 6.45) is 1.82. The average molecular weight is 404 g/mol. The molecule has 1 aromatic carbocycles. The fraction of sp³-hybridized carbons (Fsp3) is 0.400. The number of fused-ring (bicyclic) bond motifs is 1. The smallest absolute Gasteiger partial charge is 0.179 e. The first-order chi connectivity index (χ1) is 13.1. The number of thioether (sulfide) groups is 1. The van der Waals surface area contributed by atoms with Crippen LogP contribution in [0.15, 0.2) is 41.5 Å². The quantitative estimate of drug-likeness (QED) is 0.722. The van der Waals surface area contributed by atoms with Crippen LogP contribution in [0.1, 0.15) is 37.2 Å². The molecule has 0 N–H and O–H groups in total. The molecule has 7 heteroatoms. The van der Waals surface area contributed by atoms with Gasteiger partial charge in [-0.25, -0.2) is 0 Å². The summed E-state index contributed by atoms with van der Waals surface area (Å²) in [6.45, 7) is 5.64. The number of hydrogen-bond donors (Lipinski definition) is 0. The normalized spacial score (nSPS) is 23.9. The number of nitrogens with zero attached hydrogens (tertiary/aromatic N) is 3. The van der Waals surface area contributed by atoms with Gasteiger partial charge in [0.1, 0.15) is 6.04 Å². The van der Waals surface area contributed by atoms with Gasteiger partial charge >= 0.3 is 0 Å². The molecule has 0 radical (unpaired) electrons. The highest BCUT2D eigenvalue weighted by molar-refractivity contribution is 8.14. The Bertz CT molecular complexity index is 862. The summed E-state index contributed by atoms with van der Waals surface area (Å²) in [4.78, 5) is 11.9. The van der Waals surface area contributed by atoms with Crippen molar-refractivity contribution in [3.8, 4) is 11.5 Å². The van der Waals surface area contributed by atoms with Crippen LogP contribution in [-0.2, 0) is 0 Å². The van der Waals surface area contributed by atoms with Gasteiger partial charge in [0, 0.05) is 18.0 Å². The molecule has 0 spiro atoms. The zero-order valence-corrected chi connectivity index (χ0v) is 17.1. The van der Waals surface area contributed by atoms with Crippen LogP contribution in [0.3, 0.4) is 0 Å². The summed E-state index contributed by atoms with van der Waals surface area (Å²) in [5.41, 5.74) is 2.02. The molecule has 0 bridgehead atoms. The molecule has 5 nitrogen and oxygen atoms in total. The third-order valence-corrected chi connectivity index (χ3v) is 6.15. The second-order valence-electron chi connectivity index (χ2n) is 6.60. The number of ether oxygens (including phenoxy) is 2. The van der Waals surface area contributed by atoms with Gasteiger partial charge < -0.3 is 14.4 Å². The van der Waals surface area contributed by atoms with Crippen molar-refractivity contribution in [3.63, 3.8) is 0 Å². The lowest BCUT2D eigenvalue weighted by molar-refractivity contribution is 0.304. The number of aromatic nitrogens is 1. The third-order valence-electron chi connectivity index (χ3n) is 4.76. The van der Waals surface area contributed by atoms with E-state index in [2.05, 4.69) is 16.8 Å². The summed E-state index contributed by atoms with van der Waals surface area (Å²) < 4.78 is 11.2. The first-order valence-corrected chi connectivity index (χ1v) is 10.3. The minimum absolute atomic E-state index is 0.0365. The van der Waals surface area contributed by atoms with Crippen molar-refractivity contribution in [2.24, 2.45) is 4.99 Å². The first kappa shape index (κ1) is 18.4. The van der Waals surface area contributed by atoms with Gasteiger partial charge in [0.2, 0.25) is 0 Å². The Balaban J connectivity index is 1.79. The summed E-state index contributed by atoms with van der Waals surface area (Å²) >= 11 is 8.37. The largest absolute Gasteiger partial charge is 0.493 e. The van der Waals surface area contributed by atoms with E-state index in [1.807, 2.05) is 55.2 Å². The molecule has 1 saturated heterocycles. The van der Waals surface area contributed by atoms with E-state index >= 15 is 0 Å². The van der Waals surface area contributed by atoms with Gasteiger partial charge in [0.15, 0.2) is 16.7 Å². The van der Waals surface area contributed by atoms with Gasteiger partial charge in [0.25, 0.3) is 0 Å². The van der Waals surface area contributed by atoms with Crippen LogP contribution >= 0.6 is 23.4 Å². The van der Waals surface area contributed by atoms with Crippen molar-refractivity contribution >= 4 is 28.5 Å². The fourth-order valence-corrected chi connectivity index (χ4v) is 5.04. The van der Waals surface area contributed by atoms with Crippen molar-refractivity contribution in [2.75, 3.05) is 20.3 Å². The number of benzene rings is 1. The Kier molecular flexibility index (Phi) is 5.19. The van der Waals surface area contributed by atoms with E-state index in [0.29, 0.717) is 28.4 Å². The molecule has 0 amide bonds. The van der Waals surface area contributed by atoms with Crippen LogP contribution in [0.5, 0.6) is 11.5 Å². The van der Waals surface area contributed by atoms with E-state index < -0.39 is 0 Å². The first-order valence-electron chi connectivity index (χ1n) is 9.04. The molecule has 142 valence electrons. The third kappa shape index (κ3) is 3.36. The van der Waals surface area contributed by atoms with Gasteiger partial charge in [-0.15, -0.1) is 0 Å². The lowest BCUT2D eigenvalue weighted by Crippen LogP contribution is -2.28. The fourth-order valence-electron chi connectivity index (χ4n) is 3.67. The number of pyridine rings is 1. The molecule has 27 heavy (non-hydrogen) atoms. The van der Waals surface area contributed by atoms with Crippen molar-refractivity contribution in [2.45, 2.75) is 31.2 Å². The lowest BCUT2D eigenvalue weighted by atomic mass is 9.96. The summed E-state index contributed by atoms with van der Waals surface area (Å²) in [5, 5.41) is 2.14. The van der Waals surface area contributed by atoms with Crippen LogP contribution in [0.2, 0.25) is 5.02 Å². The van der Waals surface area contributed by atoms with Crippen LogP contribution < -0.4 is 9.47 Å². The van der Waals surface area contributed by atoms with Gasteiger partial charge in [-0.05, 0) is 36.8 Å². The van der Waals surface area contributed by atoms with Crippen LogP contribution in [0, 0.1) is 0 Å². The predicted molar refractivity (Wildman–Crippen MR) is 110 cm³/mol. The van der Waals surface area contributed by atoms with Gasteiger partial charge in [-0.2, -0.15) is 0 Å². The Hall–Kier alpha value is -1.92. The molecule has 0 aliphatic carbocycles. The van der Waals surface area contributed by atoms with E-state index in [1.165, 1.54) is 0 Å². The second-order valence-corrected chi connectivity index (χ2v) is 8.42. The number of amidine groups is 1. The highest BCUT2D eigenvalue weighted by Gasteiger charge is 2.43. The minimum Gasteiger partial charge on any atom is -0.493 e. The van der Waals surface area contributed by atoms with Crippen molar-refractivity contribution in [1.82, 2.24) is 9.88 Å². The molecule has 3 heterocycles. The summed E-state index contributed by atoms with van der Waals surface area (Å²) in [5.74, 6) is 1.23. The number of rotatable bonds is 5. The maximum Gasteiger partial charge on any atom is 0.179 e. The van der Waals surface area contributed by atoms with E-state index in [1.54, 1.807) is 7.11 Å². The van der Waals surface area contributed by atoms with Gasteiger partial charge in [-0.3, -0.25) is 9.98 Å². The highest BCUT2D eigenvalue weighted by atomic mass is 35.5. The van der Waals surface area contributed by atoms with Crippen molar-refractivity contribution in [1.29, 1.82) is 0 Å². The zero-order chi connectivity index (χ0) is 19.0. The van der Waals surface area contributed by atoms with E-state index in [-0.39, 0.29) is 12.1 Å². The van der Waals surface area contributed by atoms with Crippen LogP contribution in [-0.4, -0.2) is 40.6 Å². The standard InChI is InChI=1S/C20H22ClN3O2S/c1-4-26-19-14(21)9-13(10-16(19)25-3)18-17(15-7-5-6-8-22-15)23-20-24(18)11-12(2)27-20/h5-10,12,17-18H,4,11H2,1-3H3/t12-,17-,18-/m1/s1. The Morgan fingerprint density at radius 1 is 1.33 bits per heavy atom. The zero-order valence-electron chi connectivity index (χ0n) is 15.6. The molecule has 3 atom stereocenters. The Labute approximate surface area is 168 Å². The molecule has 0 saturated carbocycles. The maximum atomic E-state index is 6.55. The van der Waals surface area contributed by atoms with E-state index in [9.17, 15) is 0 Å². The number of halogens is 1. The SMILES string of the molecule is CCOc1c(Cl)cc([C@@H]2[C@@H](c3ccccn3)N=C3S[C@H](C)CN32)cc1OC. The molecule has 2 aromatic rings. The summed E-state index contributed by atoms with van der Waals surface area (Å²) in [6, 6.07) is 9.92. The topological polar surface area (TPSA) is 47.0 Å². The number of hydrogen-bond acceptors (Lipinski definition) is 6. The molecule has 4 rings (SSSR count). The van der Waals surface area contributed by atoms with Gasteiger partial charge in [0.05, 0.1) is 30.5 Å². The van der Waals surface area contributed by atoms with Crippen LogP contribution in [0.25, 0.3) is 0 Å². The van der Waals surface area contributed by atoms with Crippen molar-refractivity contribution < 1.29 is 9.47 Å². The maximum absolute atomic E-state index is 6.55. The van der Waals surface area contributed by atoms with Crippen LogP contribution in [0.4, 0.5) is 0 Å². The number of aliphatic imine (C=N–C) groups is 1. The molecule has 1 aromatic heterocycles. The monoisotopic (exact) mass is 403 g/mol. The molecule has 2 aliphatic heterocycles.